The van der Waals surface area contributed by atoms with Crippen LogP contribution < -0.4 is 5.32 Å². The summed E-state index contributed by atoms with van der Waals surface area (Å²) in [6.07, 6.45) is 6.54. The molecule has 0 aromatic heterocycles. The fourth-order valence-corrected chi connectivity index (χ4v) is 4.85. The van der Waals surface area contributed by atoms with Crippen LogP contribution in [0.25, 0.3) is 0 Å². The van der Waals surface area contributed by atoms with Crippen LogP contribution in [-0.2, 0) is 4.74 Å². The van der Waals surface area contributed by atoms with Crippen molar-refractivity contribution in [1.29, 1.82) is 0 Å². The molecule has 1 heterocycles. The molecule has 0 aromatic rings. The molecule has 3 aliphatic rings. The van der Waals surface area contributed by atoms with Gasteiger partial charge in [0.25, 0.3) is 0 Å². The predicted molar refractivity (Wildman–Crippen MR) is 83.5 cm³/mol. The van der Waals surface area contributed by atoms with E-state index in [9.17, 15) is 0 Å². The van der Waals surface area contributed by atoms with Gasteiger partial charge < -0.3 is 4.74 Å². The van der Waals surface area contributed by atoms with Crippen molar-refractivity contribution in [3.8, 4) is 0 Å². The van der Waals surface area contributed by atoms with Gasteiger partial charge in [-0.05, 0) is 50.4 Å². The van der Waals surface area contributed by atoms with Gasteiger partial charge in [-0.15, -0.1) is 0 Å². The summed E-state index contributed by atoms with van der Waals surface area (Å²) in [5.41, 5.74) is 3.97. The van der Waals surface area contributed by atoms with E-state index in [0.717, 1.165) is 13.2 Å². The van der Waals surface area contributed by atoms with Gasteiger partial charge in [0.1, 0.15) is 5.72 Å². The zero-order valence-electron chi connectivity index (χ0n) is 13.9. The van der Waals surface area contributed by atoms with Crippen molar-refractivity contribution in [3.63, 3.8) is 0 Å². The SMILES string of the molecule is C[C@H]1CC2=C(C[C@]1(C)[C@]1(C)NCCO1)C(C)(C)CCC2. The first-order valence-electron chi connectivity index (χ1n) is 8.39. The molecule has 3 rings (SSSR count). The Morgan fingerprint density at radius 1 is 1.20 bits per heavy atom. The highest BCUT2D eigenvalue weighted by atomic mass is 16.5. The van der Waals surface area contributed by atoms with Gasteiger partial charge in [0, 0.05) is 12.0 Å². The van der Waals surface area contributed by atoms with Gasteiger partial charge in [-0.3, -0.25) is 5.32 Å². The lowest BCUT2D eigenvalue weighted by atomic mass is 9.55. The van der Waals surface area contributed by atoms with Crippen molar-refractivity contribution in [1.82, 2.24) is 5.32 Å². The van der Waals surface area contributed by atoms with E-state index in [2.05, 4.69) is 39.9 Å². The minimum Gasteiger partial charge on any atom is -0.359 e. The first-order valence-corrected chi connectivity index (χ1v) is 8.39. The van der Waals surface area contributed by atoms with Crippen molar-refractivity contribution in [2.45, 2.75) is 72.4 Å². The molecular formula is C18H31NO. The zero-order valence-corrected chi connectivity index (χ0v) is 13.9. The van der Waals surface area contributed by atoms with E-state index in [1.54, 1.807) is 11.1 Å². The minimum atomic E-state index is -0.154. The average molecular weight is 277 g/mol. The third-order valence-electron chi connectivity index (χ3n) is 6.75. The molecule has 0 aromatic carbocycles. The number of rotatable bonds is 1. The Morgan fingerprint density at radius 2 is 1.95 bits per heavy atom. The molecule has 1 fully saturated rings. The molecule has 2 nitrogen and oxygen atoms in total. The molecule has 3 atom stereocenters. The van der Waals surface area contributed by atoms with Gasteiger partial charge >= 0.3 is 0 Å². The second-order valence-corrected chi connectivity index (χ2v) is 8.33. The number of hydrogen-bond donors (Lipinski definition) is 1. The summed E-state index contributed by atoms with van der Waals surface area (Å²) >= 11 is 0. The van der Waals surface area contributed by atoms with Gasteiger partial charge in [0.15, 0.2) is 0 Å². The molecule has 0 bridgehead atoms. The molecule has 1 saturated heterocycles. The molecule has 0 unspecified atom stereocenters. The molecule has 0 spiro atoms. The maximum atomic E-state index is 6.17. The Hall–Kier alpha value is -0.340. The van der Waals surface area contributed by atoms with E-state index in [-0.39, 0.29) is 11.1 Å². The first kappa shape index (κ1) is 14.6. The second kappa shape index (κ2) is 4.58. The summed E-state index contributed by atoms with van der Waals surface area (Å²) < 4.78 is 6.17. The van der Waals surface area contributed by atoms with Crippen molar-refractivity contribution >= 4 is 0 Å². The molecule has 2 heteroatoms. The number of hydrogen-bond acceptors (Lipinski definition) is 2. The quantitative estimate of drug-likeness (QED) is 0.723. The molecule has 2 aliphatic carbocycles. The highest BCUT2D eigenvalue weighted by Crippen LogP contribution is 2.57. The lowest BCUT2D eigenvalue weighted by Gasteiger charge is -2.54. The van der Waals surface area contributed by atoms with Crippen LogP contribution in [0.2, 0.25) is 0 Å². The summed E-state index contributed by atoms with van der Waals surface area (Å²) in [4.78, 5) is 0. The predicted octanol–water partition coefficient (Wildman–Crippen LogP) is 4.27. The summed E-state index contributed by atoms with van der Waals surface area (Å²) in [6.45, 7) is 13.9. The Bertz CT molecular complexity index is 431. The number of ether oxygens (including phenoxy) is 1. The third kappa shape index (κ3) is 1.99. The number of nitrogens with one attached hydrogen (secondary N) is 1. The van der Waals surface area contributed by atoms with Crippen molar-refractivity contribution in [2.24, 2.45) is 16.7 Å². The van der Waals surface area contributed by atoms with Crippen LogP contribution in [0.15, 0.2) is 11.1 Å². The van der Waals surface area contributed by atoms with Crippen LogP contribution in [0.4, 0.5) is 0 Å². The van der Waals surface area contributed by atoms with Crippen LogP contribution in [0.5, 0.6) is 0 Å². The van der Waals surface area contributed by atoms with Crippen LogP contribution >= 0.6 is 0 Å². The zero-order chi connectivity index (χ0) is 14.6. The summed E-state index contributed by atoms with van der Waals surface area (Å²) in [5, 5.41) is 3.65. The minimum absolute atomic E-state index is 0.154. The summed E-state index contributed by atoms with van der Waals surface area (Å²) in [5.74, 6) is 0.686. The molecule has 0 saturated carbocycles. The Morgan fingerprint density at radius 3 is 2.60 bits per heavy atom. The monoisotopic (exact) mass is 277 g/mol. The van der Waals surface area contributed by atoms with Crippen LogP contribution in [0, 0.1) is 16.7 Å². The van der Waals surface area contributed by atoms with Crippen molar-refractivity contribution in [2.75, 3.05) is 13.2 Å². The molecule has 0 radical (unpaired) electrons. The highest BCUT2D eigenvalue weighted by Gasteiger charge is 2.54. The van der Waals surface area contributed by atoms with E-state index < -0.39 is 0 Å². The Kier molecular flexibility index (Phi) is 3.34. The van der Waals surface area contributed by atoms with Gasteiger partial charge in [0.2, 0.25) is 0 Å². The molecule has 1 aliphatic heterocycles. The third-order valence-corrected chi connectivity index (χ3v) is 6.75. The maximum Gasteiger partial charge on any atom is 0.122 e. The molecule has 114 valence electrons. The van der Waals surface area contributed by atoms with Gasteiger partial charge in [-0.2, -0.15) is 0 Å². The average Bonchev–Trinajstić information content (AvgIpc) is 2.80. The lowest BCUT2D eigenvalue weighted by Crippen LogP contribution is -2.57. The summed E-state index contributed by atoms with van der Waals surface area (Å²) in [7, 11) is 0. The fourth-order valence-electron chi connectivity index (χ4n) is 4.85. The van der Waals surface area contributed by atoms with E-state index in [1.807, 2.05) is 0 Å². The van der Waals surface area contributed by atoms with E-state index in [0.29, 0.717) is 11.3 Å². The topological polar surface area (TPSA) is 21.3 Å². The van der Waals surface area contributed by atoms with Gasteiger partial charge in [-0.25, -0.2) is 0 Å². The van der Waals surface area contributed by atoms with Gasteiger partial charge in [0.05, 0.1) is 6.61 Å². The Labute approximate surface area is 124 Å². The standard InChI is InChI=1S/C18H31NO/c1-13-11-14-7-6-8-16(2,3)15(14)12-17(13,4)18(5)19-9-10-20-18/h13,19H,6-12H2,1-5H3/t13-,17-,18+/m0/s1. The van der Waals surface area contributed by atoms with E-state index in [4.69, 9.17) is 4.74 Å². The molecular weight excluding hydrogens is 246 g/mol. The lowest BCUT2D eigenvalue weighted by molar-refractivity contribution is -0.123. The molecule has 1 N–H and O–H groups in total. The van der Waals surface area contributed by atoms with E-state index >= 15 is 0 Å². The van der Waals surface area contributed by atoms with Crippen LogP contribution in [0.1, 0.15) is 66.7 Å². The Balaban J connectivity index is 1.98. The van der Waals surface area contributed by atoms with Crippen molar-refractivity contribution < 1.29 is 4.74 Å². The van der Waals surface area contributed by atoms with Crippen LogP contribution in [-0.4, -0.2) is 18.9 Å². The smallest absolute Gasteiger partial charge is 0.122 e. The maximum absolute atomic E-state index is 6.17. The molecule has 20 heavy (non-hydrogen) atoms. The largest absolute Gasteiger partial charge is 0.359 e. The van der Waals surface area contributed by atoms with Crippen molar-refractivity contribution in [3.05, 3.63) is 11.1 Å². The van der Waals surface area contributed by atoms with Gasteiger partial charge in [-0.1, -0.05) is 38.8 Å². The fraction of sp³-hybridized carbons (Fsp3) is 0.889. The number of allylic oxidation sites excluding steroid dienone is 2. The van der Waals surface area contributed by atoms with E-state index in [1.165, 1.54) is 32.1 Å². The highest BCUT2D eigenvalue weighted by molar-refractivity contribution is 5.30. The first-order chi connectivity index (χ1) is 9.29. The normalized spacial score (nSPS) is 44.5. The second-order valence-electron chi connectivity index (χ2n) is 8.33. The molecule has 0 amide bonds. The van der Waals surface area contributed by atoms with Crippen LogP contribution in [0.3, 0.4) is 0 Å². The summed E-state index contributed by atoms with van der Waals surface area (Å²) in [6, 6.07) is 0.